The van der Waals surface area contributed by atoms with Crippen LogP contribution in [0.3, 0.4) is 0 Å². The van der Waals surface area contributed by atoms with Crippen LogP contribution >= 0.6 is 0 Å². The Balaban J connectivity index is 1.33. The van der Waals surface area contributed by atoms with E-state index in [1.54, 1.807) is 0 Å². The first-order chi connectivity index (χ1) is 17.7. The summed E-state index contributed by atoms with van der Waals surface area (Å²) >= 11 is 0. The number of carbonyl (C=O) groups excluding carboxylic acids is 1. The quantitative estimate of drug-likeness (QED) is 0.395. The molecule has 2 N–H and O–H groups in total. The second-order valence-corrected chi connectivity index (χ2v) is 9.52. The third-order valence-corrected chi connectivity index (χ3v) is 6.73. The molecule has 2 aromatic carbocycles. The summed E-state index contributed by atoms with van der Waals surface area (Å²) in [5.41, 5.74) is 1.60. The number of aromatic nitrogens is 2. The number of fused-ring (bicyclic) bond motifs is 1. The molecule has 1 atom stereocenters. The second-order valence-electron chi connectivity index (χ2n) is 9.52. The number of amides is 1. The van der Waals surface area contributed by atoms with Crippen LogP contribution in [0.1, 0.15) is 51.9 Å². The van der Waals surface area contributed by atoms with Crippen LogP contribution in [0, 0.1) is 0 Å². The van der Waals surface area contributed by atoms with E-state index in [1.807, 2.05) is 42.5 Å². The van der Waals surface area contributed by atoms with Crippen LogP contribution in [-0.2, 0) is 4.79 Å². The molecule has 2 aliphatic rings. The van der Waals surface area contributed by atoms with Gasteiger partial charge in [0.1, 0.15) is 11.5 Å². The molecule has 1 amide bonds. The Morgan fingerprint density at radius 1 is 1.06 bits per heavy atom. The lowest BCUT2D eigenvalue weighted by Gasteiger charge is -2.27. The summed E-state index contributed by atoms with van der Waals surface area (Å²) in [5.74, 6) is 2.73. The molecule has 8 nitrogen and oxygen atoms in total. The maximum atomic E-state index is 12.3. The Kier molecular flexibility index (Phi) is 7.81. The molecular weight excluding hydrogens is 454 g/mol. The summed E-state index contributed by atoms with van der Waals surface area (Å²) in [6.45, 7) is 5.63. The molecule has 0 aliphatic carbocycles. The SMILES string of the molecule is CCCCOc1nc(N2CCCCC2)nc2ccc(Oc3ccc(NC(=O)[C@@H]4CCCN4)cc3)cc12. The van der Waals surface area contributed by atoms with Crippen LogP contribution in [0.25, 0.3) is 10.9 Å². The lowest BCUT2D eigenvalue weighted by Crippen LogP contribution is -2.35. The van der Waals surface area contributed by atoms with E-state index in [0.717, 1.165) is 67.9 Å². The van der Waals surface area contributed by atoms with E-state index in [0.29, 0.717) is 24.0 Å². The maximum absolute atomic E-state index is 12.3. The molecule has 5 rings (SSSR count). The minimum atomic E-state index is -0.107. The van der Waals surface area contributed by atoms with Gasteiger partial charge in [-0.3, -0.25) is 4.79 Å². The van der Waals surface area contributed by atoms with Gasteiger partial charge in [-0.2, -0.15) is 4.98 Å². The van der Waals surface area contributed by atoms with Gasteiger partial charge in [-0.05, 0) is 87.5 Å². The summed E-state index contributed by atoms with van der Waals surface area (Å²) in [7, 11) is 0. The van der Waals surface area contributed by atoms with Crippen LogP contribution in [-0.4, -0.2) is 48.2 Å². The fourth-order valence-corrected chi connectivity index (χ4v) is 4.67. The van der Waals surface area contributed by atoms with Gasteiger partial charge in [-0.15, -0.1) is 0 Å². The minimum Gasteiger partial charge on any atom is -0.477 e. The van der Waals surface area contributed by atoms with E-state index < -0.39 is 0 Å². The zero-order valence-electron chi connectivity index (χ0n) is 21.0. The van der Waals surface area contributed by atoms with Crippen LogP contribution in [0.15, 0.2) is 42.5 Å². The number of nitrogens with one attached hydrogen (secondary N) is 2. The molecule has 190 valence electrons. The Labute approximate surface area is 212 Å². The molecule has 1 aromatic heterocycles. The predicted octanol–water partition coefficient (Wildman–Crippen LogP) is 5.28. The Morgan fingerprint density at radius 3 is 2.61 bits per heavy atom. The van der Waals surface area contributed by atoms with Gasteiger partial charge in [0.05, 0.1) is 23.6 Å². The number of carbonyl (C=O) groups is 1. The third-order valence-electron chi connectivity index (χ3n) is 6.73. The third kappa shape index (κ3) is 5.87. The highest BCUT2D eigenvalue weighted by Gasteiger charge is 2.22. The Morgan fingerprint density at radius 2 is 1.86 bits per heavy atom. The first-order valence-corrected chi connectivity index (χ1v) is 13.2. The molecule has 0 radical (unpaired) electrons. The number of hydrogen-bond acceptors (Lipinski definition) is 7. The average Bonchev–Trinajstić information content (AvgIpc) is 3.46. The fourth-order valence-electron chi connectivity index (χ4n) is 4.67. The molecule has 3 heterocycles. The largest absolute Gasteiger partial charge is 0.477 e. The van der Waals surface area contributed by atoms with Crippen molar-refractivity contribution in [1.82, 2.24) is 15.3 Å². The first-order valence-electron chi connectivity index (χ1n) is 13.2. The van der Waals surface area contributed by atoms with Gasteiger partial charge in [0.2, 0.25) is 17.7 Å². The van der Waals surface area contributed by atoms with E-state index in [-0.39, 0.29) is 11.9 Å². The maximum Gasteiger partial charge on any atom is 0.241 e. The molecular formula is C28H35N5O3. The molecule has 3 aromatic rings. The van der Waals surface area contributed by atoms with Gasteiger partial charge in [-0.25, -0.2) is 4.98 Å². The number of anilines is 2. The molecule has 8 heteroatoms. The van der Waals surface area contributed by atoms with Crippen molar-refractivity contribution in [3.63, 3.8) is 0 Å². The summed E-state index contributed by atoms with van der Waals surface area (Å²) in [6, 6.07) is 13.2. The molecule has 0 bridgehead atoms. The zero-order valence-corrected chi connectivity index (χ0v) is 21.0. The zero-order chi connectivity index (χ0) is 24.7. The highest BCUT2D eigenvalue weighted by atomic mass is 16.5. The van der Waals surface area contributed by atoms with Gasteiger partial charge in [0.15, 0.2) is 0 Å². The molecule has 0 spiro atoms. The van der Waals surface area contributed by atoms with Crippen molar-refractivity contribution in [1.29, 1.82) is 0 Å². The second kappa shape index (κ2) is 11.6. The Hall–Kier alpha value is -3.39. The van der Waals surface area contributed by atoms with E-state index >= 15 is 0 Å². The van der Waals surface area contributed by atoms with Gasteiger partial charge in [-0.1, -0.05) is 13.3 Å². The van der Waals surface area contributed by atoms with Crippen molar-refractivity contribution in [2.24, 2.45) is 0 Å². The molecule has 2 aliphatic heterocycles. The standard InChI is InChI=1S/C28H35N5O3/c1-2-3-18-35-27-23-19-22(13-14-24(23)31-28(32-27)33-16-5-4-6-17-33)36-21-11-9-20(10-12-21)30-26(34)25-8-7-15-29-25/h9-14,19,25,29H,2-8,15-18H2,1H3,(H,30,34)/t25-/m0/s1. The molecule has 0 saturated carbocycles. The van der Waals surface area contributed by atoms with Crippen molar-refractivity contribution in [2.45, 2.75) is 57.9 Å². The number of hydrogen-bond donors (Lipinski definition) is 2. The summed E-state index contributed by atoms with van der Waals surface area (Å²) in [5, 5.41) is 7.03. The van der Waals surface area contributed by atoms with E-state index in [1.165, 1.54) is 19.3 Å². The molecule has 0 unspecified atom stereocenters. The monoisotopic (exact) mass is 489 g/mol. The lowest BCUT2D eigenvalue weighted by molar-refractivity contribution is -0.117. The molecule has 36 heavy (non-hydrogen) atoms. The number of nitrogens with zero attached hydrogens (tertiary/aromatic N) is 3. The number of benzene rings is 2. The first kappa shape index (κ1) is 24.3. The van der Waals surface area contributed by atoms with E-state index in [9.17, 15) is 4.79 Å². The highest BCUT2D eigenvalue weighted by Crippen LogP contribution is 2.32. The fraction of sp³-hybridized carbons (Fsp3) is 0.464. The van der Waals surface area contributed by atoms with E-state index in [2.05, 4.69) is 22.5 Å². The van der Waals surface area contributed by atoms with Crippen molar-refractivity contribution in [3.05, 3.63) is 42.5 Å². The van der Waals surface area contributed by atoms with Crippen LogP contribution in [0.4, 0.5) is 11.6 Å². The Bertz CT molecular complexity index is 1170. The average molecular weight is 490 g/mol. The number of unbranched alkanes of at least 4 members (excludes halogenated alkanes) is 1. The molecule has 2 saturated heterocycles. The van der Waals surface area contributed by atoms with Crippen molar-refractivity contribution in [3.8, 4) is 17.4 Å². The summed E-state index contributed by atoms with van der Waals surface area (Å²) < 4.78 is 12.2. The summed E-state index contributed by atoms with van der Waals surface area (Å²) in [6.07, 6.45) is 7.54. The van der Waals surface area contributed by atoms with Crippen molar-refractivity contribution in [2.75, 3.05) is 36.5 Å². The van der Waals surface area contributed by atoms with Gasteiger partial charge in [0.25, 0.3) is 0 Å². The van der Waals surface area contributed by atoms with E-state index in [4.69, 9.17) is 19.4 Å². The molecule has 2 fully saturated rings. The minimum absolute atomic E-state index is 0.00947. The van der Waals surface area contributed by atoms with Crippen LogP contribution in [0.2, 0.25) is 0 Å². The van der Waals surface area contributed by atoms with Gasteiger partial charge >= 0.3 is 0 Å². The smallest absolute Gasteiger partial charge is 0.241 e. The normalized spacial score (nSPS) is 17.8. The topological polar surface area (TPSA) is 88.6 Å². The van der Waals surface area contributed by atoms with Crippen molar-refractivity contribution >= 4 is 28.4 Å². The van der Waals surface area contributed by atoms with Gasteiger partial charge in [0, 0.05) is 18.8 Å². The number of piperidine rings is 1. The van der Waals surface area contributed by atoms with Gasteiger partial charge < -0.3 is 25.0 Å². The highest BCUT2D eigenvalue weighted by molar-refractivity contribution is 5.95. The van der Waals surface area contributed by atoms with Crippen LogP contribution < -0.4 is 25.0 Å². The lowest BCUT2D eigenvalue weighted by atomic mass is 10.1. The van der Waals surface area contributed by atoms with Crippen molar-refractivity contribution < 1.29 is 14.3 Å². The number of rotatable bonds is 9. The van der Waals surface area contributed by atoms with Crippen LogP contribution in [0.5, 0.6) is 17.4 Å². The predicted molar refractivity (Wildman–Crippen MR) is 142 cm³/mol. The summed E-state index contributed by atoms with van der Waals surface area (Å²) in [4.78, 5) is 24.2. The number of ether oxygens (including phenoxy) is 2.